The van der Waals surface area contributed by atoms with Crippen LogP contribution in [-0.2, 0) is 0 Å². The van der Waals surface area contributed by atoms with Gasteiger partial charge in [0.1, 0.15) is 6.26 Å². The van der Waals surface area contributed by atoms with Crippen molar-refractivity contribution in [2.45, 2.75) is 7.43 Å². The van der Waals surface area contributed by atoms with Crippen LogP contribution in [0.25, 0.3) is 0 Å². The van der Waals surface area contributed by atoms with Gasteiger partial charge < -0.3 is 4.42 Å². The third-order valence-corrected chi connectivity index (χ3v) is 0.902. The summed E-state index contributed by atoms with van der Waals surface area (Å²) in [5.41, 5.74) is 0. The standard InChI is InChI=1S/C5H3ClO2.CH4/c6-4-1-5(2-7)8-3-4;/h1-3H;1H4. The number of furan rings is 1. The highest BCUT2D eigenvalue weighted by molar-refractivity contribution is 6.30. The van der Waals surface area contributed by atoms with Crippen LogP contribution in [0.15, 0.2) is 16.7 Å². The first-order chi connectivity index (χ1) is 3.83. The molecule has 1 rings (SSSR count). The van der Waals surface area contributed by atoms with E-state index in [2.05, 4.69) is 4.42 Å². The molecule has 0 saturated heterocycles. The molecule has 1 aromatic heterocycles. The summed E-state index contributed by atoms with van der Waals surface area (Å²) in [6.07, 6.45) is 1.91. The van der Waals surface area contributed by atoms with Gasteiger partial charge in [-0.05, 0) is 0 Å². The molecule has 0 fully saturated rings. The van der Waals surface area contributed by atoms with E-state index in [1.807, 2.05) is 0 Å². The number of carbonyl (C=O) groups excluding carboxylic acids is 1. The number of hydrogen-bond acceptors (Lipinski definition) is 2. The van der Waals surface area contributed by atoms with Crippen LogP contribution >= 0.6 is 11.6 Å². The van der Waals surface area contributed by atoms with Crippen molar-refractivity contribution in [3.63, 3.8) is 0 Å². The van der Waals surface area contributed by atoms with Gasteiger partial charge in [0.25, 0.3) is 0 Å². The molecule has 0 bridgehead atoms. The number of halogens is 1. The van der Waals surface area contributed by atoms with E-state index >= 15 is 0 Å². The summed E-state index contributed by atoms with van der Waals surface area (Å²) < 4.78 is 4.61. The summed E-state index contributed by atoms with van der Waals surface area (Å²) in [6.45, 7) is 0. The molecule has 2 nitrogen and oxygen atoms in total. The average molecular weight is 147 g/mol. The number of aldehydes is 1. The lowest BCUT2D eigenvalue weighted by atomic mass is 10.5. The molecule has 0 saturated carbocycles. The van der Waals surface area contributed by atoms with Crippen LogP contribution < -0.4 is 0 Å². The molecule has 0 spiro atoms. The summed E-state index contributed by atoms with van der Waals surface area (Å²) in [5, 5.41) is 0.451. The highest BCUT2D eigenvalue weighted by Gasteiger charge is 1.93. The van der Waals surface area contributed by atoms with Gasteiger partial charge in [0.2, 0.25) is 0 Å². The molecule has 0 unspecified atom stereocenters. The van der Waals surface area contributed by atoms with Gasteiger partial charge in [-0.2, -0.15) is 0 Å². The van der Waals surface area contributed by atoms with Crippen molar-refractivity contribution in [3.8, 4) is 0 Å². The SMILES string of the molecule is C.O=Cc1cc(Cl)co1. The van der Waals surface area contributed by atoms with Crippen molar-refractivity contribution in [2.24, 2.45) is 0 Å². The zero-order valence-electron chi connectivity index (χ0n) is 3.93. The smallest absolute Gasteiger partial charge is 0.185 e. The van der Waals surface area contributed by atoms with Gasteiger partial charge in [-0.3, -0.25) is 4.79 Å². The molecule has 1 heterocycles. The number of hydrogen-bond donors (Lipinski definition) is 0. The fourth-order valence-electron chi connectivity index (χ4n) is 0.390. The van der Waals surface area contributed by atoms with E-state index in [9.17, 15) is 4.79 Å². The van der Waals surface area contributed by atoms with E-state index in [1.54, 1.807) is 0 Å². The minimum atomic E-state index is 0. The second-order valence-electron chi connectivity index (χ2n) is 1.29. The quantitative estimate of drug-likeness (QED) is 0.570. The van der Waals surface area contributed by atoms with Gasteiger partial charge >= 0.3 is 0 Å². The topological polar surface area (TPSA) is 30.2 Å². The van der Waals surface area contributed by atoms with Crippen LogP contribution in [0.1, 0.15) is 18.0 Å². The zero-order valence-corrected chi connectivity index (χ0v) is 4.68. The van der Waals surface area contributed by atoms with Crippen molar-refractivity contribution in [3.05, 3.63) is 23.1 Å². The van der Waals surface area contributed by atoms with Crippen molar-refractivity contribution in [1.29, 1.82) is 0 Å². The lowest BCUT2D eigenvalue weighted by Gasteiger charge is -1.68. The maximum absolute atomic E-state index is 9.87. The first-order valence-electron chi connectivity index (χ1n) is 2.02. The highest BCUT2D eigenvalue weighted by atomic mass is 35.5. The Labute approximate surface area is 58.4 Å². The molecule has 0 aliphatic rings. The van der Waals surface area contributed by atoms with Crippen molar-refractivity contribution in [1.82, 2.24) is 0 Å². The van der Waals surface area contributed by atoms with Gasteiger partial charge in [-0.15, -0.1) is 0 Å². The summed E-state index contributed by atoms with van der Waals surface area (Å²) in [4.78, 5) is 9.87. The molecule has 0 aromatic carbocycles. The third kappa shape index (κ3) is 1.90. The normalized spacial score (nSPS) is 8.11. The molecule has 0 aliphatic heterocycles. The van der Waals surface area contributed by atoms with Crippen LogP contribution in [-0.4, -0.2) is 6.29 Å². The van der Waals surface area contributed by atoms with Crippen LogP contribution in [0, 0.1) is 0 Å². The molecule has 1 aromatic rings. The molecule has 0 amide bonds. The maximum Gasteiger partial charge on any atom is 0.185 e. The molecule has 0 atom stereocenters. The Bertz CT molecular complexity index is 193. The summed E-state index contributed by atoms with van der Waals surface area (Å²) in [6, 6.07) is 1.45. The Morgan fingerprint density at radius 1 is 1.67 bits per heavy atom. The molecular formula is C6H7ClO2. The van der Waals surface area contributed by atoms with Crippen LogP contribution in [0.4, 0.5) is 0 Å². The lowest BCUT2D eigenvalue weighted by molar-refractivity contribution is 0.110. The second kappa shape index (κ2) is 3.30. The fraction of sp³-hybridized carbons (Fsp3) is 0.167. The molecule has 0 aliphatic carbocycles. The Kier molecular flexibility index (Phi) is 3.02. The first-order valence-corrected chi connectivity index (χ1v) is 2.40. The Balaban J connectivity index is 0.000000640. The summed E-state index contributed by atoms with van der Waals surface area (Å²) in [7, 11) is 0. The van der Waals surface area contributed by atoms with Gasteiger partial charge in [-0.25, -0.2) is 0 Å². The molecule has 9 heavy (non-hydrogen) atoms. The van der Waals surface area contributed by atoms with Crippen molar-refractivity contribution < 1.29 is 9.21 Å². The lowest BCUT2D eigenvalue weighted by Crippen LogP contribution is -1.65. The Morgan fingerprint density at radius 2 is 2.33 bits per heavy atom. The first kappa shape index (κ1) is 8.24. The summed E-state index contributed by atoms with van der Waals surface area (Å²) in [5.74, 6) is 0.259. The largest absolute Gasteiger partial charge is 0.460 e. The second-order valence-corrected chi connectivity index (χ2v) is 1.72. The third-order valence-electron chi connectivity index (χ3n) is 0.704. The predicted octanol–water partition coefficient (Wildman–Crippen LogP) is 2.38. The van der Waals surface area contributed by atoms with Crippen molar-refractivity contribution in [2.75, 3.05) is 0 Å². The fourth-order valence-corrected chi connectivity index (χ4v) is 0.542. The Hall–Kier alpha value is -0.760. The van der Waals surface area contributed by atoms with E-state index in [4.69, 9.17) is 11.6 Å². The summed E-state index contributed by atoms with van der Waals surface area (Å²) >= 11 is 5.39. The van der Waals surface area contributed by atoms with Crippen molar-refractivity contribution >= 4 is 17.9 Å². The van der Waals surface area contributed by atoms with Gasteiger partial charge in [0, 0.05) is 6.07 Å². The van der Waals surface area contributed by atoms with E-state index < -0.39 is 0 Å². The average Bonchev–Trinajstić information content (AvgIpc) is 2.14. The zero-order chi connectivity index (χ0) is 5.98. The van der Waals surface area contributed by atoms with E-state index in [-0.39, 0.29) is 13.2 Å². The molecule has 50 valence electrons. The molecular weight excluding hydrogens is 140 g/mol. The molecule has 0 N–H and O–H groups in total. The van der Waals surface area contributed by atoms with Crippen LogP contribution in [0.3, 0.4) is 0 Å². The molecule has 0 radical (unpaired) electrons. The Morgan fingerprint density at radius 3 is 2.56 bits per heavy atom. The van der Waals surface area contributed by atoms with E-state index in [0.717, 1.165) is 0 Å². The minimum Gasteiger partial charge on any atom is -0.460 e. The highest BCUT2D eigenvalue weighted by Crippen LogP contribution is 2.10. The van der Waals surface area contributed by atoms with Crippen LogP contribution in [0.2, 0.25) is 5.02 Å². The minimum absolute atomic E-state index is 0. The van der Waals surface area contributed by atoms with Crippen LogP contribution in [0.5, 0.6) is 0 Å². The van der Waals surface area contributed by atoms with Gasteiger partial charge in [0.15, 0.2) is 12.0 Å². The maximum atomic E-state index is 9.87. The number of carbonyl (C=O) groups is 1. The van der Waals surface area contributed by atoms with Gasteiger partial charge in [0.05, 0.1) is 5.02 Å². The van der Waals surface area contributed by atoms with Gasteiger partial charge in [-0.1, -0.05) is 19.0 Å². The molecule has 3 heteroatoms. The monoisotopic (exact) mass is 146 g/mol. The van der Waals surface area contributed by atoms with E-state index in [1.165, 1.54) is 12.3 Å². The number of rotatable bonds is 1. The van der Waals surface area contributed by atoms with E-state index in [0.29, 0.717) is 11.3 Å². The predicted molar refractivity (Wildman–Crippen MR) is 35.8 cm³/mol.